The minimum absolute atomic E-state index is 0.534. The lowest BCUT2D eigenvalue weighted by Crippen LogP contribution is -1.86. The predicted molar refractivity (Wildman–Crippen MR) is 60.5 cm³/mol. The van der Waals surface area contributed by atoms with Gasteiger partial charge in [-0.05, 0) is 11.5 Å². The lowest BCUT2D eigenvalue weighted by Gasteiger charge is -2.08. The fraction of sp³-hybridized carbons (Fsp3) is 0.0909. The van der Waals surface area contributed by atoms with Crippen LogP contribution in [0, 0.1) is 0 Å². The first kappa shape index (κ1) is 9.63. The molecule has 0 aliphatic heterocycles. The zero-order valence-electron chi connectivity index (χ0n) is 7.55. The Bertz CT molecular complexity index is 480. The van der Waals surface area contributed by atoms with Gasteiger partial charge in [0.1, 0.15) is 0 Å². The van der Waals surface area contributed by atoms with Gasteiger partial charge in [0.05, 0.1) is 17.2 Å². The highest BCUT2D eigenvalue weighted by atomic mass is 35.5. The first-order chi connectivity index (χ1) is 6.74. The average Bonchev–Trinajstić information content (AvgIpc) is 2.18. The maximum atomic E-state index is 6.14. The lowest BCUT2D eigenvalue weighted by molar-refractivity contribution is 0.416. The number of halogens is 2. The molecule has 0 saturated carbocycles. The number of methoxy groups -OCH3 is 1. The summed E-state index contributed by atoms with van der Waals surface area (Å²) in [5.74, 6) is 0.534. The number of hydrogen-bond donors (Lipinski definition) is 0. The second kappa shape index (κ2) is 3.68. The van der Waals surface area contributed by atoms with E-state index in [-0.39, 0.29) is 0 Å². The van der Waals surface area contributed by atoms with Crippen LogP contribution in [-0.4, -0.2) is 7.11 Å². The highest BCUT2D eigenvalue weighted by molar-refractivity contribution is 6.41. The standard InChI is InChI=1S/C11H8Cl2O/c1-14-11-9(12)6-7-4-2-3-5-8(7)10(11)13/h2-6H,1H3. The van der Waals surface area contributed by atoms with Crippen molar-refractivity contribution in [2.45, 2.75) is 0 Å². The molecule has 0 unspecified atom stereocenters. The lowest BCUT2D eigenvalue weighted by atomic mass is 10.1. The van der Waals surface area contributed by atoms with Crippen LogP contribution in [0.2, 0.25) is 10.0 Å². The van der Waals surface area contributed by atoms with Crippen molar-refractivity contribution in [2.24, 2.45) is 0 Å². The Kier molecular flexibility index (Phi) is 2.53. The second-order valence-electron chi connectivity index (χ2n) is 2.93. The van der Waals surface area contributed by atoms with Crippen molar-refractivity contribution >= 4 is 34.0 Å². The maximum absolute atomic E-state index is 6.14. The molecule has 14 heavy (non-hydrogen) atoms. The Hall–Kier alpha value is -0.920. The Labute approximate surface area is 92.2 Å². The van der Waals surface area contributed by atoms with Gasteiger partial charge in [0.15, 0.2) is 5.75 Å². The molecule has 0 fully saturated rings. The van der Waals surface area contributed by atoms with Gasteiger partial charge in [-0.15, -0.1) is 0 Å². The molecule has 3 heteroatoms. The fourth-order valence-electron chi connectivity index (χ4n) is 1.44. The van der Waals surface area contributed by atoms with Crippen LogP contribution in [0.3, 0.4) is 0 Å². The van der Waals surface area contributed by atoms with Crippen molar-refractivity contribution < 1.29 is 4.74 Å². The third-order valence-electron chi connectivity index (χ3n) is 2.10. The summed E-state index contributed by atoms with van der Waals surface area (Å²) in [6.45, 7) is 0. The van der Waals surface area contributed by atoms with E-state index in [0.29, 0.717) is 15.8 Å². The molecule has 2 rings (SSSR count). The van der Waals surface area contributed by atoms with Crippen molar-refractivity contribution in [1.82, 2.24) is 0 Å². The van der Waals surface area contributed by atoms with Crippen molar-refractivity contribution in [3.63, 3.8) is 0 Å². The summed E-state index contributed by atoms with van der Waals surface area (Å²) < 4.78 is 5.12. The molecule has 2 aromatic rings. The van der Waals surface area contributed by atoms with Crippen LogP contribution >= 0.6 is 23.2 Å². The Morgan fingerprint density at radius 2 is 1.86 bits per heavy atom. The minimum atomic E-state index is 0.534. The summed E-state index contributed by atoms with van der Waals surface area (Å²) in [7, 11) is 1.56. The van der Waals surface area contributed by atoms with E-state index in [1.807, 2.05) is 30.3 Å². The average molecular weight is 227 g/mol. The van der Waals surface area contributed by atoms with Crippen LogP contribution in [0.4, 0.5) is 0 Å². The molecule has 0 aliphatic rings. The summed E-state index contributed by atoms with van der Waals surface area (Å²) in [5.41, 5.74) is 0. The van der Waals surface area contributed by atoms with Gasteiger partial charge in [0.25, 0.3) is 0 Å². The Morgan fingerprint density at radius 3 is 2.57 bits per heavy atom. The molecule has 0 aliphatic carbocycles. The van der Waals surface area contributed by atoms with Gasteiger partial charge in [-0.3, -0.25) is 0 Å². The van der Waals surface area contributed by atoms with E-state index < -0.39 is 0 Å². The summed E-state index contributed by atoms with van der Waals surface area (Å²) in [6, 6.07) is 9.63. The minimum Gasteiger partial charge on any atom is -0.494 e. The molecule has 0 heterocycles. The molecule has 0 bridgehead atoms. The van der Waals surface area contributed by atoms with Gasteiger partial charge in [-0.1, -0.05) is 47.5 Å². The third-order valence-corrected chi connectivity index (χ3v) is 2.76. The molecule has 0 radical (unpaired) electrons. The van der Waals surface area contributed by atoms with Gasteiger partial charge in [0, 0.05) is 5.39 Å². The van der Waals surface area contributed by atoms with Crippen molar-refractivity contribution in [2.75, 3.05) is 7.11 Å². The van der Waals surface area contributed by atoms with Crippen LogP contribution in [-0.2, 0) is 0 Å². The molecule has 72 valence electrons. The molecular formula is C11H8Cl2O. The highest BCUT2D eigenvalue weighted by Gasteiger charge is 2.10. The van der Waals surface area contributed by atoms with Crippen LogP contribution in [0.5, 0.6) is 5.75 Å². The first-order valence-corrected chi connectivity index (χ1v) is 4.90. The van der Waals surface area contributed by atoms with Crippen LogP contribution in [0.25, 0.3) is 10.8 Å². The summed E-state index contributed by atoms with van der Waals surface area (Å²) in [5, 5.41) is 3.07. The normalized spacial score (nSPS) is 10.5. The number of rotatable bonds is 1. The number of fused-ring (bicyclic) bond motifs is 1. The van der Waals surface area contributed by atoms with E-state index in [1.54, 1.807) is 7.11 Å². The van der Waals surface area contributed by atoms with Crippen molar-refractivity contribution in [3.05, 3.63) is 40.4 Å². The van der Waals surface area contributed by atoms with E-state index in [0.717, 1.165) is 10.8 Å². The first-order valence-electron chi connectivity index (χ1n) is 4.15. The molecule has 0 amide bonds. The summed E-state index contributed by atoms with van der Waals surface area (Å²) in [4.78, 5) is 0. The quantitative estimate of drug-likeness (QED) is 0.710. The predicted octanol–water partition coefficient (Wildman–Crippen LogP) is 4.16. The van der Waals surface area contributed by atoms with Crippen LogP contribution in [0.1, 0.15) is 0 Å². The smallest absolute Gasteiger partial charge is 0.156 e. The van der Waals surface area contributed by atoms with Gasteiger partial charge in [-0.25, -0.2) is 0 Å². The topological polar surface area (TPSA) is 9.23 Å². The van der Waals surface area contributed by atoms with Gasteiger partial charge in [-0.2, -0.15) is 0 Å². The van der Waals surface area contributed by atoms with Crippen molar-refractivity contribution in [3.8, 4) is 5.75 Å². The fourth-order valence-corrected chi connectivity index (χ4v) is 2.13. The Balaban J connectivity index is 2.86. The largest absolute Gasteiger partial charge is 0.494 e. The van der Waals surface area contributed by atoms with E-state index in [2.05, 4.69) is 0 Å². The van der Waals surface area contributed by atoms with E-state index in [9.17, 15) is 0 Å². The Morgan fingerprint density at radius 1 is 1.14 bits per heavy atom. The van der Waals surface area contributed by atoms with Crippen LogP contribution < -0.4 is 4.74 Å². The van der Waals surface area contributed by atoms with Gasteiger partial charge in [0.2, 0.25) is 0 Å². The van der Waals surface area contributed by atoms with Gasteiger partial charge >= 0.3 is 0 Å². The molecule has 1 nitrogen and oxygen atoms in total. The number of benzene rings is 2. The summed E-state index contributed by atoms with van der Waals surface area (Å²) >= 11 is 12.1. The zero-order valence-corrected chi connectivity index (χ0v) is 9.06. The summed E-state index contributed by atoms with van der Waals surface area (Å²) in [6.07, 6.45) is 0. The molecule has 0 aromatic heterocycles. The van der Waals surface area contributed by atoms with Crippen molar-refractivity contribution in [1.29, 1.82) is 0 Å². The number of ether oxygens (including phenoxy) is 1. The molecule has 2 aromatic carbocycles. The highest BCUT2D eigenvalue weighted by Crippen LogP contribution is 2.38. The maximum Gasteiger partial charge on any atom is 0.156 e. The number of hydrogen-bond acceptors (Lipinski definition) is 1. The monoisotopic (exact) mass is 226 g/mol. The molecular weight excluding hydrogens is 219 g/mol. The molecule has 0 saturated heterocycles. The van der Waals surface area contributed by atoms with E-state index in [1.165, 1.54) is 0 Å². The van der Waals surface area contributed by atoms with E-state index in [4.69, 9.17) is 27.9 Å². The van der Waals surface area contributed by atoms with Crippen LogP contribution in [0.15, 0.2) is 30.3 Å². The van der Waals surface area contributed by atoms with Gasteiger partial charge < -0.3 is 4.74 Å². The molecule has 0 N–H and O–H groups in total. The zero-order chi connectivity index (χ0) is 10.1. The molecule has 0 spiro atoms. The SMILES string of the molecule is COc1c(Cl)cc2ccccc2c1Cl. The second-order valence-corrected chi connectivity index (χ2v) is 3.71. The third kappa shape index (κ3) is 1.43. The van der Waals surface area contributed by atoms with E-state index >= 15 is 0 Å². The molecule has 0 atom stereocenters.